The summed E-state index contributed by atoms with van der Waals surface area (Å²) in [6.45, 7) is 3.54. The highest BCUT2D eigenvalue weighted by Crippen LogP contribution is 2.36. The Kier molecular flexibility index (Phi) is 5.57. The number of nitrogens with one attached hydrogen (secondary N) is 1. The van der Waals surface area contributed by atoms with Crippen LogP contribution in [0.15, 0.2) is 60.6 Å². The van der Waals surface area contributed by atoms with Crippen LogP contribution in [0, 0.1) is 0 Å². The monoisotopic (exact) mass is 494 g/mol. The Morgan fingerprint density at radius 2 is 1.86 bits per heavy atom. The summed E-state index contributed by atoms with van der Waals surface area (Å²) in [6, 6.07) is 14.1. The summed E-state index contributed by atoms with van der Waals surface area (Å²) >= 11 is 0. The summed E-state index contributed by atoms with van der Waals surface area (Å²) < 4.78 is 5.37. The standard InChI is InChI=1S/C27H22N6O4/c1-16(34)33-23-5-3-2-4-19(23)25(35)24(33)14-18-13-21(26-28-15-29-31-26)20-12-17(6-7-22(20)30-18)27(36)32-8-10-37-11-9-32/h2-7,12-15H,8-11H2,1H3,(H,28,29,31)/b24-14+. The van der Waals surface area contributed by atoms with Crippen LogP contribution < -0.4 is 4.90 Å². The summed E-state index contributed by atoms with van der Waals surface area (Å²) in [5.41, 5.74) is 3.52. The summed E-state index contributed by atoms with van der Waals surface area (Å²) in [7, 11) is 0. The van der Waals surface area contributed by atoms with Gasteiger partial charge in [0.2, 0.25) is 11.7 Å². The van der Waals surface area contributed by atoms with E-state index in [1.807, 2.05) is 0 Å². The first-order chi connectivity index (χ1) is 18.0. The number of benzene rings is 2. The molecule has 2 aromatic carbocycles. The maximum Gasteiger partial charge on any atom is 0.254 e. The van der Waals surface area contributed by atoms with E-state index in [9.17, 15) is 14.4 Å². The van der Waals surface area contributed by atoms with E-state index in [0.717, 1.165) is 0 Å². The number of pyridine rings is 1. The molecular weight excluding hydrogens is 472 g/mol. The SMILES string of the molecule is CC(=O)N1/C(=C/c2cc(-c3ncn[nH]3)c3cc(C(=O)N4CCOCC4)ccc3n2)C(=O)c2ccccc21. The topological polar surface area (TPSA) is 121 Å². The van der Waals surface area contributed by atoms with Crippen LogP contribution in [0.1, 0.15) is 33.3 Å². The quantitative estimate of drug-likeness (QED) is 0.435. The van der Waals surface area contributed by atoms with Gasteiger partial charge < -0.3 is 9.64 Å². The maximum absolute atomic E-state index is 13.2. The van der Waals surface area contributed by atoms with Crippen LogP contribution >= 0.6 is 0 Å². The highest BCUT2D eigenvalue weighted by Gasteiger charge is 2.34. The van der Waals surface area contributed by atoms with Crippen molar-refractivity contribution in [2.75, 3.05) is 31.2 Å². The van der Waals surface area contributed by atoms with E-state index < -0.39 is 0 Å². The van der Waals surface area contributed by atoms with Crippen molar-refractivity contribution in [2.45, 2.75) is 6.92 Å². The third-order valence-corrected chi connectivity index (χ3v) is 6.51. The third-order valence-electron chi connectivity index (χ3n) is 6.51. The van der Waals surface area contributed by atoms with E-state index in [4.69, 9.17) is 9.72 Å². The number of aromatic nitrogens is 4. The van der Waals surface area contributed by atoms with E-state index >= 15 is 0 Å². The summed E-state index contributed by atoms with van der Waals surface area (Å²) in [5.74, 6) is -0.105. The molecule has 6 rings (SSSR count). The molecule has 0 atom stereocenters. The van der Waals surface area contributed by atoms with Gasteiger partial charge in [-0.2, -0.15) is 5.10 Å². The van der Waals surface area contributed by atoms with Crippen LogP contribution in [0.2, 0.25) is 0 Å². The molecule has 2 amide bonds. The molecule has 0 saturated carbocycles. The maximum atomic E-state index is 13.2. The highest BCUT2D eigenvalue weighted by atomic mass is 16.5. The second-order valence-corrected chi connectivity index (χ2v) is 8.80. The minimum absolute atomic E-state index is 0.0775. The zero-order valence-corrected chi connectivity index (χ0v) is 20.0. The van der Waals surface area contributed by atoms with Crippen molar-refractivity contribution in [2.24, 2.45) is 0 Å². The molecule has 0 radical (unpaired) electrons. The summed E-state index contributed by atoms with van der Waals surface area (Å²) in [5, 5.41) is 7.56. The van der Waals surface area contributed by atoms with Crippen LogP contribution in [0.3, 0.4) is 0 Å². The summed E-state index contributed by atoms with van der Waals surface area (Å²) in [4.78, 5) is 51.0. The third kappa shape index (κ3) is 3.97. The number of nitrogens with zero attached hydrogens (tertiary/aromatic N) is 5. The van der Waals surface area contributed by atoms with Gasteiger partial charge in [0.1, 0.15) is 6.33 Å². The van der Waals surface area contributed by atoms with Gasteiger partial charge in [-0.25, -0.2) is 9.97 Å². The van der Waals surface area contributed by atoms with Crippen molar-refractivity contribution in [3.05, 3.63) is 77.4 Å². The molecule has 0 bridgehead atoms. The number of hydrogen-bond donors (Lipinski definition) is 1. The first-order valence-corrected chi connectivity index (χ1v) is 11.8. The number of carbonyl (C=O) groups excluding carboxylic acids is 3. The number of fused-ring (bicyclic) bond motifs is 2. The molecule has 2 aliphatic heterocycles. The first kappa shape index (κ1) is 22.7. The Morgan fingerprint density at radius 3 is 2.62 bits per heavy atom. The number of anilines is 1. The molecule has 0 spiro atoms. The fourth-order valence-corrected chi connectivity index (χ4v) is 4.77. The average molecular weight is 495 g/mol. The minimum Gasteiger partial charge on any atom is -0.378 e. The van der Waals surface area contributed by atoms with Crippen LogP contribution in [0.25, 0.3) is 28.4 Å². The Balaban J connectivity index is 1.47. The molecule has 184 valence electrons. The Labute approximate surface area is 211 Å². The molecular formula is C27H22N6O4. The lowest BCUT2D eigenvalue weighted by atomic mass is 10.0. The lowest BCUT2D eigenvalue weighted by Crippen LogP contribution is -2.40. The van der Waals surface area contributed by atoms with Gasteiger partial charge in [0.15, 0.2) is 5.82 Å². The highest BCUT2D eigenvalue weighted by molar-refractivity contribution is 6.26. The second kappa shape index (κ2) is 9.07. The molecule has 37 heavy (non-hydrogen) atoms. The number of carbonyl (C=O) groups is 3. The molecule has 4 heterocycles. The number of H-pyrrole nitrogens is 1. The van der Waals surface area contributed by atoms with E-state index in [-0.39, 0.29) is 23.3 Å². The van der Waals surface area contributed by atoms with Gasteiger partial charge in [-0.15, -0.1) is 0 Å². The number of aromatic amines is 1. The van der Waals surface area contributed by atoms with Crippen molar-refractivity contribution in [3.8, 4) is 11.4 Å². The number of ketones is 1. The molecule has 4 aromatic rings. The van der Waals surface area contributed by atoms with Crippen LogP contribution in [-0.4, -0.2) is 69.0 Å². The molecule has 0 unspecified atom stereocenters. The Bertz CT molecular complexity index is 1590. The molecule has 1 saturated heterocycles. The smallest absolute Gasteiger partial charge is 0.254 e. The van der Waals surface area contributed by atoms with Crippen molar-refractivity contribution in [3.63, 3.8) is 0 Å². The normalized spacial score (nSPS) is 16.5. The van der Waals surface area contributed by atoms with Crippen LogP contribution in [0.4, 0.5) is 5.69 Å². The molecule has 2 aromatic heterocycles. The van der Waals surface area contributed by atoms with Crippen molar-refractivity contribution < 1.29 is 19.1 Å². The van der Waals surface area contributed by atoms with Crippen molar-refractivity contribution in [1.82, 2.24) is 25.1 Å². The second-order valence-electron chi connectivity index (χ2n) is 8.80. The lowest BCUT2D eigenvalue weighted by Gasteiger charge is -2.27. The molecule has 0 aliphatic carbocycles. The van der Waals surface area contributed by atoms with Gasteiger partial charge in [0.05, 0.1) is 35.8 Å². The van der Waals surface area contributed by atoms with Gasteiger partial charge in [-0.05, 0) is 42.5 Å². The van der Waals surface area contributed by atoms with Gasteiger partial charge in [0.25, 0.3) is 5.91 Å². The van der Waals surface area contributed by atoms with Crippen molar-refractivity contribution in [1.29, 1.82) is 0 Å². The first-order valence-electron chi connectivity index (χ1n) is 11.8. The largest absolute Gasteiger partial charge is 0.378 e. The fourth-order valence-electron chi connectivity index (χ4n) is 4.77. The number of para-hydroxylation sites is 1. The predicted molar refractivity (Wildman–Crippen MR) is 136 cm³/mol. The van der Waals surface area contributed by atoms with Crippen LogP contribution in [-0.2, 0) is 9.53 Å². The fraction of sp³-hybridized carbons (Fsp3) is 0.185. The molecule has 2 aliphatic rings. The number of Topliss-reactive ketones (excluding diaryl/α,β-unsaturated/α-hetero) is 1. The molecule has 10 heteroatoms. The van der Waals surface area contributed by atoms with Gasteiger partial charge >= 0.3 is 0 Å². The molecule has 1 N–H and O–H groups in total. The van der Waals surface area contributed by atoms with E-state index in [0.29, 0.717) is 71.1 Å². The average Bonchev–Trinajstić information content (AvgIpc) is 3.55. The van der Waals surface area contributed by atoms with Crippen molar-refractivity contribution >= 4 is 40.3 Å². The number of morpholine rings is 1. The van der Waals surface area contributed by atoms with Gasteiger partial charge in [-0.1, -0.05) is 12.1 Å². The Morgan fingerprint density at radius 1 is 1.05 bits per heavy atom. The van der Waals surface area contributed by atoms with E-state index in [2.05, 4.69) is 15.2 Å². The number of amides is 2. The number of allylic oxidation sites excluding steroid dienone is 1. The zero-order valence-electron chi connectivity index (χ0n) is 20.0. The number of rotatable bonds is 3. The van der Waals surface area contributed by atoms with Gasteiger partial charge in [-0.3, -0.25) is 24.4 Å². The zero-order chi connectivity index (χ0) is 25.5. The predicted octanol–water partition coefficient (Wildman–Crippen LogP) is 3.08. The number of ether oxygens (including phenoxy) is 1. The molecule has 10 nitrogen and oxygen atoms in total. The lowest BCUT2D eigenvalue weighted by molar-refractivity contribution is -0.116. The van der Waals surface area contributed by atoms with Crippen LogP contribution in [0.5, 0.6) is 0 Å². The Hall–Kier alpha value is -4.70. The van der Waals surface area contributed by atoms with Gasteiger partial charge in [0, 0.05) is 42.1 Å². The number of hydrogen-bond acceptors (Lipinski definition) is 7. The summed E-state index contributed by atoms with van der Waals surface area (Å²) in [6.07, 6.45) is 3.01. The molecule has 1 fully saturated rings. The minimum atomic E-state index is -0.271. The van der Waals surface area contributed by atoms with E-state index in [1.54, 1.807) is 59.5 Å². The van der Waals surface area contributed by atoms with E-state index in [1.165, 1.54) is 18.2 Å².